The molecule has 17 nitrogen and oxygen atoms in total. The molecule has 19 heteroatoms. The predicted molar refractivity (Wildman–Crippen MR) is 288 cm³/mol. The van der Waals surface area contributed by atoms with Crippen molar-refractivity contribution in [3.05, 3.63) is 75.4 Å². The van der Waals surface area contributed by atoms with Crippen molar-refractivity contribution in [2.24, 2.45) is 49.4 Å². The highest BCUT2D eigenvalue weighted by Crippen LogP contribution is 2.27. The quantitative estimate of drug-likeness (QED) is 0.0162. The van der Waals surface area contributed by atoms with Gasteiger partial charge in [0, 0.05) is 65.5 Å². The summed E-state index contributed by atoms with van der Waals surface area (Å²) in [7, 11) is 5.56. The number of halogens is 2. The first-order valence-corrected chi connectivity index (χ1v) is 22.7. The molecular formula is C47H87Cl2N13O4. The number of benzene rings is 2. The molecule has 0 unspecified atom stereocenters. The number of unbranched alkanes of at least 4 members (excludes halogenated alkanes) is 4. The summed E-state index contributed by atoms with van der Waals surface area (Å²) in [5.74, 6) is -0.0693. The van der Waals surface area contributed by atoms with E-state index in [2.05, 4.69) is 63.6 Å². The third-order valence-electron chi connectivity index (χ3n) is 6.90. The van der Waals surface area contributed by atoms with Crippen LogP contribution in [0.1, 0.15) is 110 Å². The second kappa shape index (κ2) is 55.8. The Kier molecular flexibility index (Phi) is 61.1. The van der Waals surface area contributed by atoms with Gasteiger partial charge in [-0.3, -0.25) is 29.4 Å². The number of allylic oxidation sites excluding steroid dienone is 2. The van der Waals surface area contributed by atoms with Crippen LogP contribution in [0.5, 0.6) is 0 Å². The Labute approximate surface area is 407 Å². The fourth-order valence-electron chi connectivity index (χ4n) is 3.83. The van der Waals surface area contributed by atoms with Crippen LogP contribution in [0, 0.1) is 13.8 Å². The van der Waals surface area contributed by atoms with Crippen molar-refractivity contribution in [2.45, 2.75) is 113 Å². The van der Waals surface area contributed by atoms with E-state index in [1.807, 2.05) is 54.9 Å². The summed E-state index contributed by atoms with van der Waals surface area (Å²) in [5.41, 5.74) is 34.7. The number of aldehydes is 2. The zero-order valence-corrected chi connectivity index (χ0v) is 43.4. The Morgan fingerprint density at radius 3 is 1.59 bits per heavy atom. The summed E-state index contributed by atoms with van der Waals surface area (Å²) < 4.78 is 0. The first kappa shape index (κ1) is 72.3. The molecule has 2 rings (SSSR count). The fourth-order valence-corrected chi connectivity index (χ4v) is 4.22. The molecular weight excluding hydrogens is 882 g/mol. The van der Waals surface area contributed by atoms with Crippen LogP contribution in [0.4, 0.5) is 17.1 Å². The molecule has 16 N–H and O–H groups in total. The number of nitrogens with zero attached hydrogens (tertiary/aromatic N) is 3. The molecule has 0 saturated carbocycles. The van der Waals surface area contributed by atoms with Crippen molar-refractivity contribution in [1.29, 1.82) is 0 Å². The van der Waals surface area contributed by atoms with Crippen LogP contribution in [0.25, 0.3) is 0 Å². The standard InChI is InChI=1S/C15H15ClN2O2.C9H11ClN2O.C5H11NO.C5H13N.2C4H11N3.C3H8.C2H7N/c1-4-17-14(7-10(2)9-19)15(20)18-13-8-12(16)6-5-11(13)3;1-6-8(11-2)3-7(10)4-9(6)12-5-13;6-4-2-1-3-5-7;1-2-3-4-5-6;2*1-2-3-7-4(5)6;2*1-3-2/h4-9H,2H2,1,3H3,(H,18,20);3-5,11H,1-2H3,(H,12,13);5H,1-4,6H2;2-6H2,1H3;2*2-3H2,1H3,(H4,5,6,7);3H2,1-2H3;3H,1-2H3/b14-7-,17-4?;;;;;;;. The molecule has 0 aliphatic rings. The zero-order valence-electron chi connectivity index (χ0n) is 41.9. The number of nitrogens with one attached hydrogen (secondary N) is 4. The van der Waals surface area contributed by atoms with Gasteiger partial charge in [0.15, 0.2) is 11.9 Å². The maximum absolute atomic E-state index is 12.1. The Hall–Kier alpha value is -5.33. The molecule has 0 aliphatic carbocycles. The molecule has 2 aromatic rings. The van der Waals surface area contributed by atoms with Gasteiger partial charge in [-0.15, -0.1) is 0 Å². The molecule has 0 spiro atoms. The summed E-state index contributed by atoms with van der Waals surface area (Å²) in [6, 6.07) is 8.71. The molecule has 66 heavy (non-hydrogen) atoms. The molecule has 378 valence electrons. The molecule has 2 amide bonds. The molecule has 0 atom stereocenters. The first-order chi connectivity index (χ1) is 31.4. The molecule has 0 fully saturated rings. The van der Waals surface area contributed by atoms with Crippen molar-refractivity contribution in [2.75, 3.05) is 63.3 Å². The lowest BCUT2D eigenvalue weighted by molar-refractivity contribution is -0.113. The molecule has 0 saturated heterocycles. The summed E-state index contributed by atoms with van der Waals surface area (Å²) in [4.78, 5) is 54.0. The summed E-state index contributed by atoms with van der Waals surface area (Å²) >= 11 is 11.7. The van der Waals surface area contributed by atoms with E-state index in [9.17, 15) is 19.2 Å². The SMILES string of the molecule is C=C(C=O)/C=C(\N=CC)C(=O)Nc1cc(Cl)ccc1C.CCC.CCCCCN.CCCN=C(N)N.CCCN=C(N)N.CNC.CNc1cc(Cl)cc(NC=O)c1C.NCCCCC=O. The molecule has 0 heterocycles. The molecule has 2 aromatic carbocycles. The number of guanidine groups is 2. The third-order valence-corrected chi connectivity index (χ3v) is 7.35. The monoisotopic (exact) mass is 968 g/mol. The van der Waals surface area contributed by atoms with E-state index in [0.717, 1.165) is 74.1 Å². The summed E-state index contributed by atoms with van der Waals surface area (Å²) in [5, 5.41) is 12.2. The predicted octanol–water partition coefficient (Wildman–Crippen LogP) is 7.62. The van der Waals surface area contributed by atoms with Crippen molar-refractivity contribution in [3.8, 4) is 0 Å². The number of aliphatic imine (C=N–C) groups is 3. The van der Waals surface area contributed by atoms with Gasteiger partial charge >= 0.3 is 0 Å². The number of carbonyl (C=O) groups is 4. The Morgan fingerprint density at radius 1 is 0.742 bits per heavy atom. The number of hydrogen-bond donors (Lipinski definition) is 10. The fraction of sp³-hybridized carbons (Fsp3) is 0.511. The molecule has 0 aromatic heterocycles. The lowest BCUT2D eigenvalue weighted by atomic mass is 10.1. The number of amides is 2. The van der Waals surface area contributed by atoms with Gasteiger partial charge in [0.2, 0.25) is 6.41 Å². The lowest BCUT2D eigenvalue weighted by Crippen LogP contribution is -2.22. The largest absolute Gasteiger partial charge is 0.388 e. The smallest absolute Gasteiger partial charge is 0.274 e. The van der Waals surface area contributed by atoms with Crippen LogP contribution in [0.3, 0.4) is 0 Å². The van der Waals surface area contributed by atoms with Crippen LogP contribution >= 0.6 is 23.2 Å². The minimum Gasteiger partial charge on any atom is -0.388 e. The van der Waals surface area contributed by atoms with Gasteiger partial charge in [0.1, 0.15) is 18.3 Å². The van der Waals surface area contributed by atoms with Gasteiger partial charge in [-0.2, -0.15) is 0 Å². The van der Waals surface area contributed by atoms with E-state index in [1.54, 1.807) is 31.2 Å². The van der Waals surface area contributed by atoms with Crippen molar-refractivity contribution in [1.82, 2.24) is 5.32 Å². The van der Waals surface area contributed by atoms with Gasteiger partial charge in [0.25, 0.3) is 5.91 Å². The average molecular weight is 969 g/mol. The second-order valence-electron chi connectivity index (χ2n) is 13.4. The van der Waals surface area contributed by atoms with Crippen LogP contribution in [0.2, 0.25) is 10.0 Å². The van der Waals surface area contributed by atoms with Gasteiger partial charge in [-0.25, -0.2) is 0 Å². The zero-order chi connectivity index (χ0) is 52.1. The normalized spacial score (nSPS) is 9.35. The third kappa shape index (κ3) is 53.0. The Bertz CT molecular complexity index is 1620. The number of rotatable bonds is 19. The van der Waals surface area contributed by atoms with E-state index >= 15 is 0 Å². The van der Waals surface area contributed by atoms with Gasteiger partial charge in [-0.1, -0.05) is 89.7 Å². The number of carbonyl (C=O) groups excluding carboxylic acids is 4. The van der Waals surface area contributed by atoms with Gasteiger partial charge in [0.05, 0.1) is 0 Å². The van der Waals surface area contributed by atoms with Crippen molar-refractivity contribution in [3.63, 3.8) is 0 Å². The van der Waals surface area contributed by atoms with Crippen LogP contribution in [-0.4, -0.2) is 90.3 Å². The number of nitrogens with two attached hydrogens (primary N) is 6. The Balaban J connectivity index is -0.000000170. The minimum atomic E-state index is -0.434. The number of hydrogen-bond acceptors (Lipinski definition) is 11. The molecule has 0 bridgehead atoms. The average Bonchev–Trinajstić information content (AvgIpc) is 3.28. The highest BCUT2D eigenvalue weighted by Gasteiger charge is 2.11. The minimum absolute atomic E-state index is 0.101. The topological polar surface area (TPSA) is 310 Å². The highest BCUT2D eigenvalue weighted by molar-refractivity contribution is 6.31. The van der Waals surface area contributed by atoms with Gasteiger partial charge in [-0.05, 0) is 122 Å². The van der Waals surface area contributed by atoms with Crippen molar-refractivity contribution < 1.29 is 19.2 Å². The van der Waals surface area contributed by atoms with E-state index in [0.29, 0.717) is 41.4 Å². The van der Waals surface area contributed by atoms with Crippen LogP contribution in [-0.2, 0) is 19.2 Å². The van der Waals surface area contributed by atoms with E-state index in [1.165, 1.54) is 38.0 Å². The van der Waals surface area contributed by atoms with Gasteiger partial charge < -0.3 is 60.5 Å². The maximum atomic E-state index is 12.1. The van der Waals surface area contributed by atoms with E-state index in [-0.39, 0.29) is 23.2 Å². The molecule has 0 aliphatic heterocycles. The van der Waals surface area contributed by atoms with Crippen molar-refractivity contribution >= 4 is 83.3 Å². The van der Waals surface area contributed by atoms with Crippen LogP contribution < -0.4 is 55.7 Å². The summed E-state index contributed by atoms with van der Waals surface area (Å²) in [6.07, 6.45) is 14.5. The van der Waals surface area contributed by atoms with Crippen LogP contribution in [0.15, 0.2) is 69.2 Å². The number of anilines is 3. The second-order valence-corrected chi connectivity index (χ2v) is 14.3. The Morgan fingerprint density at radius 2 is 1.23 bits per heavy atom. The van der Waals surface area contributed by atoms with E-state index < -0.39 is 5.91 Å². The number of aryl methyl sites for hydroxylation is 1. The first-order valence-electron chi connectivity index (χ1n) is 22.0. The lowest BCUT2D eigenvalue weighted by Gasteiger charge is -2.10. The maximum Gasteiger partial charge on any atom is 0.274 e. The molecule has 0 radical (unpaired) electrons. The van der Waals surface area contributed by atoms with E-state index in [4.69, 9.17) is 57.6 Å². The highest BCUT2D eigenvalue weighted by atomic mass is 35.5. The summed E-state index contributed by atoms with van der Waals surface area (Å²) in [6.45, 7) is 22.4.